The minimum atomic E-state index is 0.550. The van der Waals surface area contributed by atoms with Gasteiger partial charge in [0.2, 0.25) is 0 Å². The average Bonchev–Trinajstić information content (AvgIpc) is 2.60. The molecule has 0 unspecified atom stereocenters. The molecule has 2 N–H and O–H groups in total. The van der Waals surface area contributed by atoms with E-state index in [1.807, 2.05) is 24.3 Å². The molecule has 4 nitrogen and oxygen atoms in total. The lowest BCUT2D eigenvalue weighted by atomic mass is 10.1. The Bertz CT molecular complexity index is 693. The molecule has 0 aliphatic carbocycles. The number of rotatable bonds is 9. The molecule has 0 atom stereocenters. The van der Waals surface area contributed by atoms with Crippen LogP contribution in [0.15, 0.2) is 36.4 Å². The lowest BCUT2D eigenvalue weighted by Crippen LogP contribution is -2.23. The quantitative estimate of drug-likeness (QED) is 0.516. The average molecular weight is 367 g/mol. The number of hydrogen-bond donors (Lipinski definition) is 2. The first-order chi connectivity index (χ1) is 11.6. The van der Waals surface area contributed by atoms with E-state index in [0.717, 1.165) is 36.4 Å². The number of halogens is 2. The van der Waals surface area contributed by atoms with Crippen LogP contribution in [0.3, 0.4) is 0 Å². The second-order valence-corrected chi connectivity index (χ2v) is 5.96. The number of ether oxygens (including phenoxy) is 2. The Morgan fingerprint density at radius 2 is 1.92 bits per heavy atom. The molecule has 0 aliphatic heterocycles. The van der Waals surface area contributed by atoms with Gasteiger partial charge in [0.15, 0.2) is 0 Å². The highest BCUT2D eigenvalue weighted by Crippen LogP contribution is 2.23. The van der Waals surface area contributed by atoms with Crippen molar-refractivity contribution >= 4 is 29.4 Å². The van der Waals surface area contributed by atoms with Gasteiger partial charge in [0, 0.05) is 24.4 Å². The van der Waals surface area contributed by atoms with Gasteiger partial charge in [-0.1, -0.05) is 29.3 Å². The van der Waals surface area contributed by atoms with Gasteiger partial charge in [-0.3, -0.25) is 0 Å². The summed E-state index contributed by atoms with van der Waals surface area (Å²) >= 11 is 11.9. The summed E-state index contributed by atoms with van der Waals surface area (Å²) < 4.78 is 10.9. The van der Waals surface area contributed by atoms with Gasteiger partial charge >= 0.3 is 0 Å². The Morgan fingerprint density at radius 1 is 1.08 bits per heavy atom. The maximum Gasteiger partial charge on any atom is 0.131 e. The molecule has 0 saturated heterocycles. The molecule has 2 rings (SSSR count). The molecule has 24 heavy (non-hydrogen) atoms. The number of methoxy groups -OCH3 is 1. The summed E-state index contributed by atoms with van der Waals surface area (Å²) in [6, 6.07) is 11.1. The van der Waals surface area contributed by atoms with Crippen molar-refractivity contribution in [1.29, 1.82) is 5.41 Å². The predicted octanol–water partition coefficient (Wildman–Crippen LogP) is 4.21. The molecule has 0 amide bonds. The van der Waals surface area contributed by atoms with Gasteiger partial charge in [0.25, 0.3) is 0 Å². The smallest absolute Gasteiger partial charge is 0.131 e. The maximum absolute atomic E-state index is 7.30. The highest BCUT2D eigenvalue weighted by molar-refractivity contribution is 6.42. The van der Waals surface area contributed by atoms with E-state index < -0.39 is 0 Å². The van der Waals surface area contributed by atoms with Crippen molar-refractivity contribution in [2.45, 2.75) is 6.42 Å². The van der Waals surface area contributed by atoms with Crippen molar-refractivity contribution in [2.75, 3.05) is 26.8 Å². The van der Waals surface area contributed by atoms with Crippen LogP contribution in [0, 0.1) is 5.41 Å². The molecule has 6 heteroatoms. The van der Waals surface area contributed by atoms with Crippen molar-refractivity contribution in [3.63, 3.8) is 0 Å². The Balaban J connectivity index is 1.69. The van der Waals surface area contributed by atoms with Crippen LogP contribution < -0.4 is 14.8 Å². The van der Waals surface area contributed by atoms with Gasteiger partial charge in [-0.2, -0.15) is 0 Å². The van der Waals surface area contributed by atoms with Crippen molar-refractivity contribution in [3.05, 3.63) is 57.6 Å². The van der Waals surface area contributed by atoms with Crippen molar-refractivity contribution in [3.8, 4) is 11.5 Å². The van der Waals surface area contributed by atoms with Crippen LogP contribution in [0.2, 0.25) is 10.0 Å². The molecular weight excluding hydrogens is 347 g/mol. The van der Waals surface area contributed by atoms with Crippen LogP contribution in [0.25, 0.3) is 0 Å². The largest absolute Gasteiger partial charge is 0.496 e. The molecule has 0 fully saturated rings. The van der Waals surface area contributed by atoms with Crippen molar-refractivity contribution < 1.29 is 9.47 Å². The SMILES string of the molecule is COc1cc(OCCNCCc2ccc(Cl)c(Cl)c2)ccc1C=N. The first-order valence-electron chi connectivity index (χ1n) is 7.60. The van der Waals surface area contributed by atoms with Crippen molar-refractivity contribution in [1.82, 2.24) is 5.32 Å². The summed E-state index contributed by atoms with van der Waals surface area (Å²) in [5, 5.41) is 11.8. The van der Waals surface area contributed by atoms with Gasteiger partial charge in [0.1, 0.15) is 18.1 Å². The minimum Gasteiger partial charge on any atom is -0.496 e. The van der Waals surface area contributed by atoms with Crippen LogP contribution in [-0.4, -0.2) is 33.0 Å². The number of nitrogens with one attached hydrogen (secondary N) is 2. The zero-order valence-electron chi connectivity index (χ0n) is 13.4. The third-order valence-electron chi connectivity index (χ3n) is 3.48. The minimum absolute atomic E-state index is 0.550. The van der Waals surface area contributed by atoms with Gasteiger partial charge in [-0.25, -0.2) is 0 Å². The van der Waals surface area contributed by atoms with E-state index in [2.05, 4.69) is 5.32 Å². The second-order valence-electron chi connectivity index (χ2n) is 5.15. The second kappa shape index (κ2) is 9.52. The van der Waals surface area contributed by atoms with Gasteiger partial charge in [-0.05, 0) is 42.8 Å². The molecule has 0 radical (unpaired) electrons. The lowest BCUT2D eigenvalue weighted by molar-refractivity contribution is 0.312. The predicted molar refractivity (Wildman–Crippen MR) is 99.4 cm³/mol. The van der Waals surface area contributed by atoms with Crippen molar-refractivity contribution in [2.24, 2.45) is 0 Å². The Hall–Kier alpha value is -1.75. The van der Waals surface area contributed by atoms with Gasteiger partial charge in [0.05, 0.1) is 17.2 Å². The fourth-order valence-corrected chi connectivity index (χ4v) is 2.52. The normalized spacial score (nSPS) is 10.5. The van der Waals surface area contributed by atoms with E-state index in [1.54, 1.807) is 19.2 Å². The van der Waals surface area contributed by atoms with Crippen LogP contribution in [0.4, 0.5) is 0 Å². The maximum atomic E-state index is 7.30. The Labute approximate surface area is 152 Å². The topological polar surface area (TPSA) is 54.3 Å². The monoisotopic (exact) mass is 366 g/mol. The summed E-state index contributed by atoms with van der Waals surface area (Å²) in [7, 11) is 1.58. The van der Waals surface area contributed by atoms with E-state index in [0.29, 0.717) is 22.4 Å². The van der Waals surface area contributed by atoms with E-state index in [4.69, 9.17) is 38.1 Å². The summed E-state index contributed by atoms with van der Waals surface area (Å²) in [4.78, 5) is 0. The zero-order chi connectivity index (χ0) is 17.4. The zero-order valence-corrected chi connectivity index (χ0v) is 15.0. The van der Waals surface area contributed by atoms with Crippen LogP contribution >= 0.6 is 23.2 Å². The Morgan fingerprint density at radius 3 is 2.62 bits per heavy atom. The van der Waals surface area contributed by atoms with E-state index in [9.17, 15) is 0 Å². The fourth-order valence-electron chi connectivity index (χ4n) is 2.19. The molecule has 0 spiro atoms. The third-order valence-corrected chi connectivity index (χ3v) is 4.22. The summed E-state index contributed by atoms with van der Waals surface area (Å²) in [6.45, 7) is 2.11. The molecule has 0 aliphatic rings. The molecule has 0 heterocycles. The standard InChI is InChI=1S/C18H20Cl2N2O2/c1-23-18-11-15(4-3-14(18)12-21)24-9-8-22-7-6-13-2-5-16(19)17(20)10-13/h2-5,10-12,21-22H,6-9H2,1H3. The number of hydrogen-bond acceptors (Lipinski definition) is 4. The van der Waals surface area contributed by atoms with Gasteiger partial charge < -0.3 is 20.2 Å². The van der Waals surface area contributed by atoms with E-state index >= 15 is 0 Å². The molecule has 2 aromatic rings. The Kier molecular flexibility index (Phi) is 7.37. The number of benzene rings is 2. The van der Waals surface area contributed by atoms with Crippen LogP contribution in [0.1, 0.15) is 11.1 Å². The molecular formula is C18H20Cl2N2O2. The van der Waals surface area contributed by atoms with E-state index in [1.165, 1.54) is 6.21 Å². The van der Waals surface area contributed by atoms with Gasteiger partial charge in [-0.15, -0.1) is 0 Å². The highest BCUT2D eigenvalue weighted by Gasteiger charge is 2.03. The first kappa shape index (κ1) is 18.6. The lowest BCUT2D eigenvalue weighted by Gasteiger charge is -2.10. The van der Waals surface area contributed by atoms with Crippen LogP contribution in [0.5, 0.6) is 11.5 Å². The van der Waals surface area contributed by atoms with Crippen LogP contribution in [-0.2, 0) is 6.42 Å². The highest BCUT2D eigenvalue weighted by atomic mass is 35.5. The summed E-state index contributed by atoms with van der Waals surface area (Å²) in [6.07, 6.45) is 2.13. The molecule has 0 saturated carbocycles. The fraction of sp³-hybridized carbons (Fsp3) is 0.278. The molecule has 128 valence electrons. The molecule has 2 aromatic carbocycles. The van der Waals surface area contributed by atoms with E-state index in [-0.39, 0.29) is 0 Å². The summed E-state index contributed by atoms with van der Waals surface area (Å²) in [5.41, 5.74) is 1.87. The summed E-state index contributed by atoms with van der Waals surface area (Å²) in [5.74, 6) is 1.36. The third kappa shape index (κ3) is 5.41. The molecule has 0 aromatic heterocycles. The molecule has 0 bridgehead atoms. The first-order valence-corrected chi connectivity index (χ1v) is 8.35.